The first kappa shape index (κ1) is 37.8. The topological polar surface area (TPSA) is 55.4 Å². The molecule has 2 aromatic heterocycles. The molecule has 0 bridgehead atoms. The van der Waals surface area contributed by atoms with Crippen LogP contribution in [-0.2, 0) is 0 Å². The van der Waals surface area contributed by atoms with E-state index >= 15 is 0 Å². The number of unbranched alkanes of at least 4 members (excludes halogenated alkanes) is 6. The molecular weight excluding hydrogens is 856 g/mol. The van der Waals surface area contributed by atoms with Crippen molar-refractivity contribution in [2.75, 3.05) is 39.6 Å². The van der Waals surface area contributed by atoms with Crippen LogP contribution in [0.25, 0.3) is 45.9 Å². The summed E-state index contributed by atoms with van der Waals surface area (Å²) in [5, 5.41) is 7.97. The molecule has 6 rings (SSSR count). The van der Waals surface area contributed by atoms with Crippen molar-refractivity contribution < 1.29 is 28.4 Å². The summed E-state index contributed by atoms with van der Waals surface area (Å²) in [5.74, 6) is 5.72. The summed E-state index contributed by atoms with van der Waals surface area (Å²) in [6.07, 6.45) is 12.7. The standard InChI is InChI=1S/C42H56O6Te2/c1-7-13-19-43-29-25-27-28-26-30(44-20-14-8-2)36(46-22-16-10-4)40-32(28)34-33-31(27)39(35(29)45-21-15-9-3)49-41(33)37(47-23-17-11-5)38(42(34)50-40)48-24-18-12-6/h25-26H,7-24H2,1-6H3. The average Bonchev–Trinajstić information content (AvgIpc) is 3.71. The molecule has 0 saturated heterocycles. The van der Waals surface area contributed by atoms with Gasteiger partial charge in [0.05, 0.1) is 0 Å². The van der Waals surface area contributed by atoms with Crippen molar-refractivity contribution in [3.63, 3.8) is 0 Å². The second-order valence-corrected chi connectivity index (χ2v) is 19.2. The van der Waals surface area contributed by atoms with Gasteiger partial charge in [-0.25, -0.2) is 0 Å². The summed E-state index contributed by atoms with van der Waals surface area (Å²) in [6, 6.07) is 4.59. The van der Waals surface area contributed by atoms with Gasteiger partial charge in [-0.15, -0.1) is 0 Å². The van der Waals surface area contributed by atoms with E-state index in [9.17, 15) is 0 Å². The Hall–Kier alpha value is -1.96. The Bertz CT molecular complexity index is 1820. The minimum atomic E-state index is -0.895. The van der Waals surface area contributed by atoms with E-state index in [-0.39, 0.29) is 0 Å². The summed E-state index contributed by atoms with van der Waals surface area (Å²) in [6.45, 7) is 17.5. The van der Waals surface area contributed by atoms with Crippen molar-refractivity contribution >= 4 is 86.8 Å². The van der Waals surface area contributed by atoms with Crippen LogP contribution >= 0.6 is 0 Å². The van der Waals surface area contributed by atoms with Crippen LogP contribution in [0.2, 0.25) is 0 Å². The molecule has 0 aliphatic heterocycles. The first-order valence-electron chi connectivity index (χ1n) is 19.4. The van der Waals surface area contributed by atoms with E-state index in [1.54, 1.807) is 0 Å². The summed E-state index contributed by atoms with van der Waals surface area (Å²) in [5.41, 5.74) is 0. The normalized spacial score (nSPS) is 12.0. The Morgan fingerprint density at radius 2 is 0.640 bits per heavy atom. The third-order valence-corrected chi connectivity index (χ3v) is 16.2. The van der Waals surface area contributed by atoms with E-state index in [1.807, 2.05) is 0 Å². The molecule has 272 valence electrons. The van der Waals surface area contributed by atoms with Gasteiger partial charge in [0.25, 0.3) is 0 Å². The molecule has 6 nitrogen and oxygen atoms in total. The Labute approximate surface area is 317 Å². The third-order valence-electron chi connectivity index (χ3n) is 9.41. The van der Waals surface area contributed by atoms with Crippen LogP contribution in [0, 0.1) is 0 Å². The van der Waals surface area contributed by atoms with Crippen LogP contribution in [0.15, 0.2) is 12.1 Å². The van der Waals surface area contributed by atoms with Crippen LogP contribution in [0.1, 0.15) is 119 Å². The molecule has 0 unspecified atom stereocenters. The van der Waals surface area contributed by atoms with Crippen molar-refractivity contribution in [3.05, 3.63) is 12.1 Å². The van der Waals surface area contributed by atoms with Crippen LogP contribution in [0.3, 0.4) is 0 Å². The molecule has 8 heteroatoms. The maximum atomic E-state index is 6.87. The van der Waals surface area contributed by atoms with Gasteiger partial charge in [0.2, 0.25) is 0 Å². The number of rotatable bonds is 24. The molecule has 0 spiro atoms. The fourth-order valence-corrected chi connectivity index (χ4v) is 14.1. The maximum absolute atomic E-state index is 6.87. The Kier molecular flexibility index (Phi) is 13.7. The van der Waals surface area contributed by atoms with Gasteiger partial charge in [0.15, 0.2) is 0 Å². The van der Waals surface area contributed by atoms with E-state index in [0.717, 1.165) is 112 Å². The minimum absolute atomic E-state index is 0.683. The van der Waals surface area contributed by atoms with Crippen molar-refractivity contribution in [1.29, 1.82) is 0 Å². The monoisotopic (exact) mass is 916 g/mol. The molecule has 0 atom stereocenters. The fourth-order valence-electron chi connectivity index (χ4n) is 6.56. The van der Waals surface area contributed by atoms with Crippen LogP contribution in [0.4, 0.5) is 0 Å². The van der Waals surface area contributed by atoms with E-state index in [1.165, 1.54) is 45.9 Å². The van der Waals surface area contributed by atoms with Crippen LogP contribution in [0.5, 0.6) is 34.5 Å². The van der Waals surface area contributed by atoms with Gasteiger partial charge < -0.3 is 0 Å². The molecule has 2 heterocycles. The van der Waals surface area contributed by atoms with Crippen molar-refractivity contribution in [1.82, 2.24) is 0 Å². The first-order valence-corrected chi connectivity index (χ1v) is 24.1. The molecule has 0 aliphatic rings. The first-order chi connectivity index (χ1) is 24.6. The zero-order valence-corrected chi connectivity index (χ0v) is 35.8. The van der Waals surface area contributed by atoms with E-state index < -0.39 is 40.9 Å². The summed E-state index contributed by atoms with van der Waals surface area (Å²) in [7, 11) is 0. The molecule has 4 aromatic carbocycles. The predicted molar refractivity (Wildman–Crippen MR) is 213 cm³/mol. The number of hydrogen-bond donors (Lipinski definition) is 0. The molecule has 0 amide bonds. The van der Waals surface area contributed by atoms with Crippen molar-refractivity contribution in [2.45, 2.75) is 119 Å². The van der Waals surface area contributed by atoms with E-state index in [0.29, 0.717) is 39.6 Å². The van der Waals surface area contributed by atoms with Gasteiger partial charge in [-0.1, -0.05) is 0 Å². The molecular formula is C42H56O6Te2. The van der Waals surface area contributed by atoms with Crippen molar-refractivity contribution in [3.8, 4) is 34.5 Å². The van der Waals surface area contributed by atoms with Gasteiger partial charge in [-0.05, 0) is 0 Å². The summed E-state index contributed by atoms with van der Waals surface area (Å²) < 4.78 is 46.0. The molecule has 0 aliphatic carbocycles. The van der Waals surface area contributed by atoms with Crippen LogP contribution < -0.4 is 28.4 Å². The molecule has 50 heavy (non-hydrogen) atoms. The Balaban J connectivity index is 1.74. The summed E-state index contributed by atoms with van der Waals surface area (Å²) in [4.78, 5) is 0. The predicted octanol–water partition coefficient (Wildman–Crippen LogP) is 11.5. The van der Waals surface area contributed by atoms with E-state index in [4.69, 9.17) is 28.4 Å². The zero-order valence-electron chi connectivity index (χ0n) is 31.1. The quantitative estimate of drug-likeness (QED) is 0.0343. The SMILES string of the molecule is CCCCOc1cc2c3cc(OCCCC)c(OCCCC)c4[te]c5c(OCCCC)c(OCCCC)c6[te]c(c1OCCCC)c2c6c5c43. The third kappa shape index (κ3) is 7.44. The van der Waals surface area contributed by atoms with Gasteiger partial charge in [0.1, 0.15) is 0 Å². The van der Waals surface area contributed by atoms with Crippen LogP contribution in [-0.4, -0.2) is 80.5 Å². The second kappa shape index (κ2) is 18.2. The Morgan fingerprint density at radius 3 is 0.960 bits per heavy atom. The van der Waals surface area contributed by atoms with E-state index in [2.05, 4.69) is 53.7 Å². The average molecular weight is 912 g/mol. The van der Waals surface area contributed by atoms with Crippen molar-refractivity contribution in [2.24, 2.45) is 0 Å². The fraction of sp³-hybridized carbons (Fsp3) is 0.571. The molecule has 0 saturated carbocycles. The van der Waals surface area contributed by atoms with Gasteiger partial charge in [0, 0.05) is 0 Å². The molecule has 0 fully saturated rings. The number of benzene rings is 4. The number of hydrogen-bond acceptors (Lipinski definition) is 6. The number of ether oxygens (including phenoxy) is 6. The van der Waals surface area contributed by atoms with Gasteiger partial charge in [-0.2, -0.15) is 0 Å². The molecule has 0 N–H and O–H groups in total. The molecule has 0 radical (unpaired) electrons. The van der Waals surface area contributed by atoms with Gasteiger partial charge in [-0.3, -0.25) is 0 Å². The van der Waals surface area contributed by atoms with Gasteiger partial charge >= 0.3 is 320 Å². The Morgan fingerprint density at radius 1 is 0.360 bits per heavy atom. The molecule has 6 aromatic rings. The summed E-state index contributed by atoms with van der Waals surface area (Å²) >= 11 is -1.79. The second-order valence-electron chi connectivity index (χ2n) is 13.4. The number of fused-ring (bicyclic) bond motifs is 1. The zero-order chi connectivity index (χ0) is 35.0.